The van der Waals surface area contributed by atoms with Crippen LogP contribution in [0.3, 0.4) is 0 Å². The fourth-order valence-corrected chi connectivity index (χ4v) is 2.32. The smallest absolute Gasteiger partial charge is 0.240 e. The average Bonchev–Trinajstić information content (AvgIpc) is 2.50. The van der Waals surface area contributed by atoms with E-state index in [0.717, 1.165) is 4.47 Å². The molecule has 0 aliphatic rings. The predicted octanol–water partition coefficient (Wildman–Crippen LogP) is 0.973. The zero-order chi connectivity index (χ0) is 10.3. The summed E-state index contributed by atoms with van der Waals surface area (Å²) >= 11 is 3.27. The van der Waals surface area contributed by atoms with Crippen molar-refractivity contribution in [2.24, 2.45) is 5.14 Å². The third kappa shape index (κ3) is 1.43. The Morgan fingerprint density at radius 3 is 2.79 bits per heavy atom. The lowest BCUT2D eigenvalue weighted by molar-refractivity contribution is 0.598. The van der Waals surface area contributed by atoms with Gasteiger partial charge in [-0.25, -0.2) is 18.5 Å². The van der Waals surface area contributed by atoms with Gasteiger partial charge < -0.3 is 4.98 Å². The summed E-state index contributed by atoms with van der Waals surface area (Å²) in [6.45, 7) is 0. The van der Waals surface area contributed by atoms with Gasteiger partial charge in [-0.1, -0.05) is 0 Å². The highest BCUT2D eigenvalue weighted by molar-refractivity contribution is 9.10. The molecule has 5 nitrogen and oxygen atoms in total. The number of nitrogens with one attached hydrogen (secondary N) is 1. The molecule has 0 bridgehead atoms. The average molecular weight is 276 g/mol. The molecule has 0 spiro atoms. The topological polar surface area (TPSA) is 88.8 Å². The number of fused-ring (bicyclic) bond motifs is 1. The van der Waals surface area contributed by atoms with E-state index in [-0.39, 0.29) is 4.90 Å². The van der Waals surface area contributed by atoms with Crippen molar-refractivity contribution in [1.29, 1.82) is 0 Å². The molecule has 0 unspecified atom stereocenters. The van der Waals surface area contributed by atoms with Crippen molar-refractivity contribution in [3.05, 3.63) is 22.9 Å². The predicted molar refractivity (Wildman–Crippen MR) is 55.2 cm³/mol. The fraction of sp³-hybridized carbons (Fsp3) is 0. The Balaban J connectivity index is 2.93. The molecule has 0 aliphatic carbocycles. The van der Waals surface area contributed by atoms with E-state index in [1.54, 1.807) is 6.07 Å². The lowest BCUT2D eigenvalue weighted by Gasteiger charge is -1.99. The van der Waals surface area contributed by atoms with Crippen LogP contribution in [0, 0.1) is 0 Å². The highest BCUT2D eigenvalue weighted by Gasteiger charge is 2.15. The Kier molecular flexibility index (Phi) is 2.09. The van der Waals surface area contributed by atoms with Gasteiger partial charge >= 0.3 is 0 Å². The Labute approximate surface area is 88.5 Å². The molecule has 1 aromatic carbocycles. The second-order valence-electron chi connectivity index (χ2n) is 2.72. The van der Waals surface area contributed by atoms with Crippen molar-refractivity contribution in [2.45, 2.75) is 4.90 Å². The molecule has 7 heteroatoms. The van der Waals surface area contributed by atoms with Crippen molar-refractivity contribution in [1.82, 2.24) is 9.97 Å². The maximum Gasteiger partial charge on any atom is 0.240 e. The van der Waals surface area contributed by atoms with Crippen molar-refractivity contribution < 1.29 is 8.42 Å². The fourth-order valence-electron chi connectivity index (χ4n) is 1.20. The van der Waals surface area contributed by atoms with Crippen LogP contribution in [0.5, 0.6) is 0 Å². The summed E-state index contributed by atoms with van der Waals surface area (Å²) in [5, 5.41) is 5.04. The van der Waals surface area contributed by atoms with E-state index in [1.807, 2.05) is 0 Å². The van der Waals surface area contributed by atoms with Crippen LogP contribution in [0.1, 0.15) is 0 Å². The van der Waals surface area contributed by atoms with Crippen LogP contribution >= 0.6 is 15.9 Å². The molecule has 2 aromatic rings. The van der Waals surface area contributed by atoms with Crippen LogP contribution in [0.25, 0.3) is 11.0 Å². The molecule has 3 N–H and O–H groups in total. The SMILES string of the molecule is NS(=O)(=O)c1ccc(Br)c2[nH]cnc12. The number of H-pyrrole nitrogens is 1. The normalized spacial score (nSPS) is 12.1. The molecule has 0 radical (unpaired) electrons. The summed E-state index contributed by atoms with van der Waals surface area (Å²) in [6, 6.07) is 3.03. The minimum Gasteiger partial charge on any atom is -0.344 e. The summed E-state index contributed by atoms with van der Waals surface area (Å²) in [7, 11) is -3.72. The number of sulfonamides is 1. The molecule has 1 aromatic heterocycles. The van der Waals surface area contributed by atoms with Crippen LogP contribution in [0.4, 0.5) is 0 Å². The van der Waals surface area contributed by atoms with Crippen LogP contribution < -0.4 is 5.14 Å². The second kappa shape index (κ2) is 3.04. The summed E-state index contributed by atoms with van der Waals surface area (Å²) in [6.07, 6.45) is 1.42. The molecule has 0 saturated heterocycles. The van der Waals surface area contributed by atoms with Crippen molar-refractivity contribution in [2.75, 3.05) is 0 Å². The Morgan fingerprint density at radius 1 is 1.43 bits per heavy atom. The number of halogens is 1. The first-order chi connectivity index (χ1) is 6.50. The molecule has 74 valence electrons. The number of benzene rings is 1. The van der Waals surface area contributed by atoms with Gasteiger partial charge in [0.1, 0.15) is 10.4 Å². The third-order valence-electron chi connectivity index (χ3n) is 1.80. The third-order valence-corrected chi connectivity index (χ3v) is 3.40. The van der Waals surface area contributed by atoms with E-state index in [2.05, 4.69) is 25.9 Å². The van der Waals surface area contributed by atoms with Gasteiger partial charge in [0, 0.05) is 4.47 Å². The monoisotopic (exact) mass is 275 g/mol. The largest absolute Gasteiger partial charge is 0.344 e. The van der Waals surface area contributed by atoms with Gasteiger partial charge in [-0.05, 0) is 28.1 Å². The lowest BCUT2D eigenvalue weighted by Crippen LogP contribution is -2.12. The first-order valence-corrected chi connectivity index (χ1v) is 5.98. The van der Waals surface area contributed by atoms with Gasteiger partial charge in [-0.15, -0.1) is 0 Å². The zero-order valence-electron chi connectivity index (χ0n) is 6.86. The van der Waals surface area contributed by atoms with Gasteiger partial charge in [0.05, 0.1) is 11.8 Å². The molecule has 14 heavy (non-hydrogen) atoms. The van der Waals surface area contributed by atoms with E-state index in [1.165, 1.54) is 12.4 Å². The lowest BCUT2D eigenvalue weighted by atomic mass is 10.3. The van der Waals surface area contributed by atoms with E-state index in [4.69, 9.17) is 5.14 Å². The molecule has 2 rings (SSSR count). The van der Waals surface area contributed by atoms with E-state index >= 15 is 0 Å². The number of aromatic amines is 1. The van der Waals surface area contributed by atoms with Crippen LogP contribution in [0.15, 0.2) is 27.8 Å². The molecule has 0 saturated carbocycles. The highest BCUT2D eigenvalue weighted by atomic mass is 79.9. The quantitative estimate of drug-likeness (QED) is 0.813. The molecular weight excluding hydrogens is 270 g/mol. The van der Waals surface area contributed by atoms with Crippen LogP contribution in [0.2, 0.25) is 0 Å². The van der Waals surface area contributed by atoms with E-state index in [9.17, 15) is 8.42 Å². The Morgan fingerprint density at radius 2 is 2.14 bits per heavy atom. The molecule has 0 fully saturated rings. The zero-order valence-corrected chi connectivity index (χ0v) is 9.26. The minimum atomic E-state index is -3.72. The maximum atomic E-state index is 11.2. The molecule has 0 atom stereocenters. The standard InChI is InChI=1S/C7H6BrN3O2S/c8-4-1-2-5(14(9,12)13)7-6(4)10-3-11-7/h1-3H,(H,10,11)(H2,9,12,13). The summed E-state index contributed by atoms with van der Waals surface area (Å²) in [5.41, 5.74) is 0.971. The van der Waals surface area contributed by atoms with Gasteiger partial charge in [-0.3, -0.25) is 0 Å². The van der Waals surface area contributed by atoms with Crippen LogP contribution in [-0.4, -0.2) is 18.4 Å². The van der Waals surface area contributed by atoms with E-state index < -0.39 is 10.0 Å². The summed E-state index contributed by atoms with van der Waals surface area (Å²) in [4.78, 5) is 6.75. The molecule has 0 amide bonds. The maximum absolute atomic E-state index is 11.2. The van der Waals surface area contributed by atoms with Crippen molar-refractivity contribution in [3.8, 4) is 0 Å². The number of rotatable bonds is 1. The van der Waals surface area contributed by atoms with Gasteiger partial charge in [-0.2, -0.15) is 0 Å². The minimum absolute atomic E-state index is 0.0250. The number of hydrogen-bond donors (Lipinski definition) is 2. The Bertz CT molecular complexity index is 590. The summed E-state index contributed by atoms with van der Waals surface area (Å²) < 4.78 is 23.1. The first-order valence-electron chi connectivity index (χ1n) is 3.64. The number of aromatic nitrogens is 2. The van der Waals surface area contributed by atoms with Gasteiger partial charge in [0.25, 0.3) is 0 Å². The molecular formula is C7H6BrN3O2S. The second-order valence-corrected chi connectivity index (χ2v) is 5.10. The number of primary sulfonamides is 1. The number of imidazole rings is 1. The van der Waals surface area contributed by atoms with Gasteiger partial charge in [0.2, 0.25) is 10.0 Å². The Hall–Kier alpha value is -0.920. The molecule has 0 aliphatic heterocycles. The molecule has 1 heterocycles. The van der Waals surface area contributed by atoms with Crippen molar-refractivity contribution >= 4 is 37.0 Å². The first kappa shape index (κ1) is 9.63. The number of hydrogen-bond acceptors (Lipinski definition) is 3. The van der Waals surface area contributed by atoms with E-state index in [0.29, 0.717) is 11.0 Å². The number of nitrogens with two attached hydrogens (primary N) is 1. The van der Waals surface area contributed by atoms with Crippen molar-refractivity contribution in [3.63, 3.8) is 0 Å². The van der Waals surface area contributed by atoms with Gasteiger partial charge in [0.15, 0.2) is 0 Å². The highest BCUT2D eigenvalue weighted by Crippen LogP contribution is 2.25. The van der Waals surface area contributed by atoms with Crippen LogP contribution in [-0.2, 0) is 10.0 Å². The number of nitrogens with zero attached hydrogens (tertiary/aromatic N) is 1. The summed E-state index contributed by atoms with van der Waals surface area (Å²) in [5.74, 6) is 0.